The van der Waals surface area contributed by atoms with Gasteiger partial charge in [-0.15, -0.1) is 0 Å². The number of rotatable bonds is 4. The van der Waals surface area contributed by atoms with E-state index in [2.05, 4.69) is 10.5 Å². The first kappa shape index (κ1) is 15.4. The zero-order chi connectivity index (χ0) is 17.1. The second kappa shape index (κ2) is 6.79. The molecule has 4 nitrogen and oxygen atoms in total. The van der Waals surface area contributed by atoms with Gasteiger partial charge in [0.2, 0.25) is 0 Å². The van der Waals surface area contributed by atoms with E-state index in [4.69, 9.17) is 16.6 Å². The maximum atomic E-state index is 5.99. The van der Waals surface area contributed by atoms with Crippen LogP contribution in [-0.2, 0) is 0 Å². The molecular weight excluding hydrogens is 332 g/mol. The average Bonchev–Trinajstić information content (AvgIpc) is 3.02. The van der Waals surface area contributed by atoms with Gasteiger partial charge in [-0.05, 0) is 48.5 Å². The van der Waals surface area contributed by atoms with Crippen molar-refractivity contribution in [3.8, 4) is 11.4 Å². The van der Waals surface area contributed by atoms with Crippen molar-refractivity contribution in [1.29, 1.82) is 0 Å². The van der Waals surface area contributed by atoms with Gasteiger partial charge in [0.25, 0.3) is 0 Å². The molecule has 0 atom stereocenters. The molecule has 0 aliphatic carbocycles. The van der Waals surface area contributed by atoms with E-state index < -0.39 is 0 Å². The number of aromatic nitrogens is 2. The Bertz CT molecular complexity index is 1020. The lowest BCUT2D eigenvalue weighted by atomic mass is 10.2. The number of imidazole rings is 1. The van der Waals surface area contributed by atoms with Crippen LogP contribution in [0.1, 0.15) is 5.69 Å². The fraction of sp³-hybridized carbons (Fsp3) is 0. The molecule has 122 valence electrons. The highest BCUT2D eigenvalue weighted by atomic mass is 35.5. The molecule has 0 saturated carbocycles. The summed E-state index contributed by atoms with van der Waals surface area (Å²) in [6, 6.07) is 23.5. The Morgan fingerprint density at radius 2 is 1.68 bits per heavy atom. The molecule has 4 rings (SSSR count). The molecule has 0 bridgehead atoms. The number of anilines is 1. The summed E-state index contributed by atoms with van der Waals surface area (Å²) in [6.45, 7) is 0. The van der Waals surface area contributed by atoms with E-state index in [0.717, 1.165) is 28.3 Å². The smallest absolute Gasteiger partial charge is 0.145 e. The molecule has 0 amide bonds. The van der Waals surface area contributed by atoms with Crippen molar-refractivity contribution in [1.82, 2.24) is 9.38 Å². The fourth-order valence-electron chi connectivity index (χ4n) is 2.64. The van der Waals surface area contributed by atoms with Gasteiger partial charge < -0.3 is 0 Å². The molecule has 0 saturated heterocycles. The molecule has 0 aliphatic heterocycles. The molecule has 2 heterocycles. The van der Waals surface area contributed by atoms with Crippen molar-refractivity contribution in [2.45, 2.75) is 0 Å². The van der Waals surface area contributed by atoms with Crippen LogP contribution >= 0.6 is 11.6 Å². The van der Waals surface area contributed by atoms with E-state index >= 15 is 0 Å². The van der Waals surface area contributed by atoms with Crippen molar-refractivity contribution in [3.05, 3.63) is 89.7 Å². The van der Waals surface area contributed by atoms with Gasteiger partial charge in [0.1, 0.15) is 11.5 Å². The Morgan fingerprint density at radius 1 is 0.920 bits per heavy atom. The van der Waals surface area contributed by atoms with Gasteiger partial charge >= 0.3 is 0 Å². The van der Waals surface area contributed by atoms with Crippen LogP contribution in [0, 0.1) is 0 Å². The lowest BCUT2D eigenvalue weighted by Gasteiger charge is -2.00. The van der Waals surface area contributed by atoms with Crippen molar-refractivity contribution >= 4 is 29.0 Å². The number of fused-ring (bicyclic) bond motifs is 1. The minimum absolute atomic E-state index is 0.707. The summed E-state index contributed by atoms with van der Waals surface area (Å²) in [4.78, 5) is 4.75. The Hall–Kier alpha value is -3.11. The lowest BCUT2D eigenvalue weighted by Crippen LogP contribution is -1.91. The molecule has 0 fully saturated rings. The van der Waals surface area contributed by atoms with E-state index in [1.807, 2.05) is 83.4 Å². The summed E-state index contributed by atoms with van der Waals surface area (Å²) in [5, 5.41) is 5.02. The maximum absolute atomic E-state index is 5.99. The van der Waals surface area contributed by atoms with Crippen LogP contribution in [0.5, 0.6) is 0 Å². The third-order valence-corrected chi connectivity index (χ3v) is 4.09. The first-order valence-corrected chi connectivity index (χ1v) is 8.26. The number of benzene rings is 2. The van der Waals surface area contributed by atoms with Crippen LogP contribution in [-0.4, -0.2) is 15.6 Å². The predicted octanol–water partition coefficient (Wildman–Crippen LogP) is 5.10. The quantitative estimate of drug-likeness (QED) is 0.412. The van der Waals surface area contributed by atoms with Gasteiger partial charge in [-0.2, -0.15) is 5.10 Å². The Balaban J connectivity index is 1.71. The van der Waals surface area contributed by atoms with Crippen molar-refractivity contribution in [2.75, 3.05) is 5.43 Å². The second-order valence-corrected chi connectivity index (χ2v) is 5.96. The van der Waals surface area contributed by atoms with E-state index in [9.17, 15) is 0 Å². The molecule has 2 aromatic heterocycles. The Morgan fingerprint density at radius 3 is 2.48 bits per heavy atom. The summed E-state index contributed by atoms with van der Waals surface area (Å²) in [5.41, 5.74) is 6.74. The summed E-state index contributed by atoms with van der Waals surface area (Å²) in [7, 11) is 0. The number of halogens is 1. The lowest BCUT2D eigenvalue weighted by molar-refractivity contribution is 1.16. The monoisotopic (exact) mass is 346 g/mol. The number of hydrazone groups is 1. The van der Waals surface area contributed by atoms with E-state index in [-0.39, 0.29) is 0 Å². The summed E-state index contributed by atoms with van der Waals surface area (Å²) in [5.74, 6) is 0.855. The molecule has 25 heavy (non-hydrogen) atoms. The van der Waals surface area contributed by atoms with Crippen molar-refractivity contribution in [2.24, 2.45) is 5.10 Å². The third-order valence-electron chi connectivity index (χ3n) is 3.83. The van der Waals surface area contributed by atoms with Crippen LogP contribution < -0.4 is 5.43 Å². The van der Waals surface area contributed by atoms with Crippen molar-refractivity contribution in [3.63, 3.8) is 0 Å². The maximum Gasteiger partial charge on any atom is 0.145 e. The molecule has 0 radical (unpaired) electrons. The minimum atomic E-state index is 0.707. The number of hydrogen-bond donors (Lipinski definition) is 1. The largest absolute Gasteiger partial charge is 0.299 e. The van der Waals surface area contributed by atoms with Gasteiger partial charge in [-0.25, -0.2) is 4.98 Å². The molecule has 1 N–H and O–H groups in total. The summed E-state index contributed by atoms with van der Waals surface area (Å²) in [6.07, 6.45) is 3.73. The van der Waals surface area contributed by atoms with Crippen LogP contribution in [0.2, 0.25) is 5.02 Å². The first-order valence-electron chi connectivity index (χ1n) is 7.88. The van der Waals surface area contributed by atoms with Crippen LogP contribution in [0.4, 0.5) is 5.69 Å². The average molecular weight is 347 g/mol. The third kappa shape index (κ3) is 3.25. The molecule has 5 heteroatoms. The van der Waals surface area contributed by atoms with Crippen LogP contribution in [0.25, 0.3) is 16.9 Å². The molecule has 2 aromatic carbocycles. The number of nitrogens with zero attached hydrogens (tertiary/aromatic N) is 3. The predicted molar refractivity (Wildman–Crippen MR) is 103 cm³/mol. The highest BCUT2D eigenvalue weighted by molar-refractivity contribution is 6.30. The first-order chi connectivity index (χ1) is 12.3. The number of hydrogen-bond acceptors (Lipinski definition) is 3. The van der Waals surface area contributed by atoms with E-state index in [1.165, 1.54) is 0 Å². The topological polar surface area (TPSA) is 41.7 Å². The SMILES string of the molecule is Clc1ccc(-c2nc(/C=N\Nc3ccccc3)c3ccccn23)cc1. The van der Waals surface area contributed by atoms with Crippen LogP contribution in [0.3, 0.4) is 0 Å². The van der Waals surface area contributed by atoms with Gasteiger partial charge in [0, 0.05) is 16.8 Å². The molecular formula is C20H15ClN4. The summed E-state index contributed by atoms with van der Waals surface area (Å²) >= 11 is 5.99. The Kier molecular flexibility index (Phi) is 4.19. The molecule has 0 spiro atoms. The molecule has 0 aliphatic rings. The zero-order valence-electron chi connectivity index (χ0n) is 13.3. The molecule has 4 aromatic rings. The summed E-state index contributed by atoms with van der Waals surface area (Å²) < 4.78 is 2.05. The van der Waals surface area contributed by atoms with Crippen LogP contribution in [0.15, 0.2) is 84.1 Å². The number of pyridine rings is 1. The van der Waals surface area contributed by atoms with Gasteiger partial charge in [-0.1, -0.05) is 35.9 Å². The molecule has 0 unspecified atom stereocenters. The second-order valence-electron chi connectivity index (χ2n) is 5.52. The number of para-hydroxylation sites is 1. The van der Waals surface area contributed by atoms with Gasteiger partial charge in [-0.3, -0.25) is 9.83 Å². The van der Waals surface area contributed by atoms with Gasteiger partial charge in [0.15, 0.2) is 0 Å². The fourth-order valence-corrected chi connectivity index (χ4v) is 2.77. The van der Waals surface area contributed by atoms with Crippen molar-refractivity contribution < 1.29 is 0 Å². The minimum Gasteiger partial charge on any atom is -0.299 e. The number of nitrogens with one attached hydrogen (secondary N) is 1. The van der Waals surface area contributed by atoms with Gasteiger partial charge in [0.05, 0.1) is 17.4 Å². The highest BCUT2D eigenvalue weighted by Crippen LogP contribution is 2.23. The normalized spacial score (nSPS) is 11.2. The highest BCUT2D eigenvalue weighted by Gasteiger charge is 2.10. The standard InChI is InChI=1S/C20H15ClN4/c21-16-11-9-15(10-12-16)20-23-18(19-8-4-5-13-25(19)20)14-22-24-17-6-2-1-3-7-17/h1-14,24H/b22-14-. The van der Waals surface area contributed by atoms with E-state index in [0.29, 0.717) is 5.02 Å². The Labute approximate surface area is 150 Å². The van der Waals surface area contributed by atoms with E-state index in [1.54, 1.807) is 6.21 Å². The zero-order valence-corrected chi connectivity index (χ0v) is 14.1.